The summed E-state index contributed by atoms with van der Waals surface area (Å²) in [5.41, 5.74) is 3.10. The molecule has 1 unspecified atom stereocenters. The number of thiophene rings is 1. The Hall–Kier alpha value is -2.77. The van der Waals surface area contributed by atoms with Crippen LogP contribution < -0.4 is 10.5 Å². The van der Waals surface area contributed by atoms with Gasteiger partial charge in [-0.25, -0.2) is 9.78 Å². The van der Waals surface area contributed by atoms with E-state index in [2.05, 4.69) is 42.2 Å². The molecule has 6 nitrogen and oxygen atoms in total. The maximum Gasteiger partial charge on any atom is 0.348 e. The van der Waals surface area contributed by atoms with E-state index in [1.54, 1.807) is 13.8 Å². The quantitative estimate of drug-likeness (QED) is 0.618. The van der Waals surface area contributed by atoms with Gasteiger partial charge in [0.1, 0.15) is 15.7 Å². The molecule has 2 atom stereocenters. The number of nitrogens with one attached hydrogen (secondary N) is 2. The summed E-state index contributed by atoms with van der Waals surface area (Å²) in [5.74, 6) is 0.267. The van der Waals surface area contributed by atoms with E-state index in [4.69, 9.17) is 9.72 Å². The first kappa shape index (κ1) is 20.5. The Balaban J connectivity index is 1.60. The largest absolute Gasteiger partial charge is 0.462 e. The van der Waals surface area contributed by atoms with Crippen molar-refractivity contribution < 1.29 is 14.4 Å². The van der Waals surface area contributed by atoms with Crippen LogP contribution in [0.25, 0.3) is 15.8 Å². The average Bonchev–Trinajstić information content (AvgIpc) is 3.11. The molecular weight excluding hydrogens is 398 g/mol. The second-order valence-electron chi connectivity index (χ2n) is 7.59. The summed E-state index contributed by atoms with van der Waals surface area (Å²) in [6.45, 7) is 7.79. The molecule has 0 saturated heterocycles. The van der Waals surface area contributed by atoms with Gasteiger partial charge in [-0.1, -0.05) is 30.3 Å². The molecule has 2 aromatic heterocycles. The second-order valence-corrected chi connectivity index (χ2v) is 8.59. The topological polar surface area (TPSA) is 76.5 Å². The van der Waals surface area contributed by atoms with Gasteiger partial charge in [-0.15, -0.1) is 11.3 Å². The van der Waals surface area contributed by atoms with Gasteiger partial charge in [-0.05, 0) is 43.5 Å². The molecule has 0 spiro atoms. The normalized spacial score (nSPS) is 17.6. The number of carbonyl (C=O) groups is 1. The van der Waals surface area contributed by atoms with Crippen molar-refractivity contribution in [1.82, 2.24) is 9.97 Å². The first-order chi connectivity index (χ1) is 14.5. The standard InChI is InChI=1S/C23H25N3O3S/c1-4-29-23(28)19-14(2)18-21(27)24-20(25-22(18)30-19)15(3)26-12-10-17(11-13-26)16-8-6-5-7-9-16/h5-10,15H,4,11-13H2,1-3H3,(H,24,25,27)/p+1/t15-/m1/s1. The zero-order chi connectivity index (χ0) is 21.3. The molecule has 4 rings (SSSR count). The highest BCUT2D eigenvalue weighted by molar-refractivity contribution is 7.20. The molecule has 2 N–H and O–H groups in total. The molecular formula is C23H26N3O3S+. The number of esters is 1. The van der Waals surface area contributed by atoms with Crippen LogP contribution in [-0.2, 0) is 4.74 Å². The van der Waals surface area contributed by atoms with Crippen LogP contribution in [0.2, 0.25) is 0 Å². The lowest BCUT2D eigenvalue weighted by Crippen LogP contribution is -3.12. The fourth-order valence-corrected chi connectivity index (χ4v) is 5.09. The summed E-state index contributed by atoms with van der Waals surface area (Å²) in [7, 11) is 0. The molecule has 3 heterocycles. The third-order valence-corrected chi connectivity index (χ3v) is 6.94. The highest BCUT2D eigenvalue weighted by Gasteiger charge is 2.27. The lowest BCUT2D eigenvalue weighted by molar-refractivity contribution is -0.925. The predicted octanol–water partition coefficient (Wildman–Crippen LogP) is 2.90. The zero-order valence-electron chi connectivity index (χ0n) is 17.5. The van der Waals surface area contributed by atoms with E-state index in [9.17, 15) is 9.59 Å². The van der Waals surface area contributed by atoms with Crippen molar-refractivity contribution in [3.8, 4) is 0 Å². The van der Waals surface area contributed by atoms with Crippen LogP contribution >= 0.6 is 11.3 Å². The van der Waals surface area contributed by atoms with Crippen molar-refractivity contribution >= 4 is 33.1 Å². The van der Waals surface area contributed by atoms with E-state index >= 15 is 0 Å². The lowest BCUT2D eigenvalue weighted by atomic mass is 9.99. The Morgan fingerprint density at radius 3 is 2.77 bits per heavy atom. The van der Waals surface area contributed by atoms with Crippen molar-refractivity contribution in [2.24, 2.45) is 0 Å². The van der Waals surface area contributed by atoms with Gasteiger partial charge >= 0.3 is 5.97 Å². The van der Waals surface area contributed by atoms with E-state index in [0.29, 0.717) is 33.1 Å². The van der Waals surface area contributed by atoms with Crippen molar-refractivity contribution in [1.29, 1.82) is 0 Å². The van der Waals surface area contributed by atoms with Crippen LogP contribution in [0.3, 0.4) is 0 Å². The Kier molecular flexibility index (Phi) is 5.83. The fraction of sp³-hybridized carbons (Fsp3) is 0.348. The Morgan fingerprint density at radius 1 is 1.33 bits per heavy atom. The number of aromatic amines is 1. The van der Waals surface area contributed by atoms with Crippen LogP contribution in [0.1, 0.15) is 52.9 Å². The summed E-state index contributed by atoms with van der Waals surface area (Å²) in [4.78, 5) is 35.1. The maximum atomic E-state index is 12.8. The van der Waals surface area contributed by atoms with Gasteiger partial charge in [0.25, 0.3) is 5.56 Å². The molecule has 0 fully saturated rings. The number of ether oxygens (including phenoxy) is 1. The van der Waals surface area contributed by atoms with E-state index in [1.807, 2.05) is 6.07 Å². The monoisotopic (exact) mass is 424 g/mol. The van der Waals surface area contributed by atoms with Crippen LogP contribution in [-0.4, -0.2) is 35.6 Å². The molecule has 0 saturated carbocycles. The highest BCUT2D eigenvalue weighted by atomic mass is 32.1. The third-order valence-electron chi connectivity index (χ3n) is 5.77. The number of benzene rings is 1. The molecule has 0 radical (unpaired) electrons. The van der Waals surface area contributed by atoms with Gasteiger partial charge in [0, 0.05) is 6.42 Å². The van der Waals surface area contributed by atoms with E-state index in [-0.39, 0.29) is 11.6 Å². The summed E-state index contributed by atoms with van der Waals surface area (Å²) in [5, 5.41) is 0.485. The summed E-state index contributed by atoms with van der Waals surface area (Å²) < 4.78 is 5.12. The average molecular weight is 425 g/mol. The lowest BCUT2D eigenvalue weighted by Gasteiger charge is -2.28. The molecule has 156 valence electrons. The van der Waals surface area contributed by atoms with Gasteiger partial charge < -0.3 is 14.6 Å². The smallest absolute Gasteiger partial charge is 0.348 e. The number of hydrogen-bond acceptors (Lipinski definition) is 5. The number of carbonyl (C=O) groups excluding carboxylic acids is 1. The second kappa shape index (κ2) is 8.53. The van der Waals surface area contributed by atoms with Crippen molar-refractivity contribution in [3.63, 3.8) is 0 Å². The number of H-pyrrole nitrogens is 1. The maximum absolute atomic E-state index is 12.8. The Labute approximate surface area is 179 Å². The number of aromatic nitrogens is 2. The van der Waals surface area contributed by atoms with Gasteiger partial charge in [0.05, 0.1) is 25.1 Å². The zero-order valence-corrected chi connectivity index (χ0v) is 18.3. The van der Waals surface area contributed by atoms with Crippen molar-refractivity contribution in [3.05, 3.63) is 68.6 Å². The number of hydrogen-bond donors (Lipinski definition) is 2. The fourth-order valence-electron chi connectivity index (χ4n) is 4.01. The summed E-state index contributed by atoms with van der Waals surface area (Å²) in [6.07, 6.45) is 3.27. The highest BCUT2D eigenvalue weighted by Crippen LogP contribution is 2.28. The number of quaternary nitrogens is 1. The third kappa shape index (κ3) is 3.82. The number of rotatable bonds is 5. The molecule has 1 aliphatic heterocycles. The number of nitrogens with zero attached hydrogens (tertiary/aromatic N) is 1. The minimum absolute atomic E-state index is 0.0455. The molecule has 3 aromatic rings. The van der Waals surface area contributed by atoms with Crippen LogP contribution in [0.5, 0.6) is 0 Å². The molecule has 0 bridgehead atoms. The first-order valence-corrected chi connectivity index (χ1v) is 11.1. The minimum Gasteiger partial charge on any atom is -0.462 e. The minimum atomic E-state index is -0.396. The van der Waals surface area contributed by atoms with Gasteiger partial charge in [-0.3, -0.25) is 4.79 Å². The SMILES string of the molecule is CCOC(=O)c1sc2nc([C@@H](C)[NH+]3CC=C(c4ccccc4)CC3)[nH]c(=O)c2c1C. The van der Waals surface area contributed by atoms with E-state index < -0.39 is 5.97 Å². The molecule has 0 amide bonds. The molecule has 1 aliphatic rings. The van der Waals surface area contributed by atoms with Crippen LogP contribution in [0, 0.1) is 6.92 Å². The molecule has 0 aliphatic carbocycles. The van der Waals surface area contributed by atoms with Gasteiger partial charge in [0.2, 0.25) is 0 Å². The number of aryl methyl sites for hydroxylation is 1. The molecule has 7 heteroatoms. The predicted molar refractivity (Wildman–Crippen MR) is 119 cm³/mol. The van der Waals surface area contributed by atoms with Crippen LogP contribution in [0.4, 0.5) is 0 Å². The van der Waals surface area contributed by atoms with Crippen molar-refractivity contribution in [2.45, 2.75) is 33.2 Å². The van der Waals surface area contributed by atoms with Crippen LogP contribution in [0.15, 0.2) is 41.2 Å². The van der Waals surface area contributed by atoms with Gasteiger partial charge in [-0.2, -0.15) is 0 Å². The first-order valence-electron chi connectivity index (χ1n) is 10.3. The molecule has 30 heavy (non-hydrogen) atoms. The van der Waals surface area contributed by atoms with E-state index in [1.165, 1.54) is 27.4 Å². The van der Waals surface area contributed by atoms with Crippen molar-refractivity contribution in [2.75, 3.05) is 19.7 Å². The Morgan fingerprint density at radius 2 is 2.10 bits per heavy atom. The van der Waals surface area contributed by atoms with Gasteiger partial charge in [0.15, 0.2) is 5.82 Å². The van der Waals surface area contributed by atoms with E-state index in [0.717, 1.165) is 19.5 Å². The number of fused-ring (bicyclic) bond motifs is 1. The summed E-state index contributed by atoms with van der Waals surface area (Å²) >= 11 is 1.24. The Bertz CT molecular complexity index is 1160. The summed E-state index contributed by atoms with van der Waals surface area (Å²) in [6, 6.07) is 10.5. The molecule has 1 aromatic carbocycles.